The number of aliphatic hydroxyl groups is 1. The molecule has 6 heteroatoms. The van der Waals surface area contributed by atoms with Crippen molar-refractivity contribution in [1.82, 2.24) is 10.2 Å². The molecule has 0 saturated carbocycles. The highest BCUT2D eigenvalue weighted by Gasteiger charge is 2.47. The van der Waals surface area contributed by atoms with Gasteiger partial charge in [-0.1, -0.05) is 36.7 Å². The van der Waals surface area contributed by atoms with E-state index in [2.05, 4.69) is 42.3 Å². The van der Waals surface area contributed by atoms with Crippen LogP contribution in [0.2, 0.25) is 5.02 Å². The van der Waals surface area contributed by atoms with E-state index in [0.717, 1.165) is 48.1 Å². The number of hydrogen-bond donors (Lipinski definition) is 2. The fraction of sp³-hybridized carbons (Fsp3) is 0.500. The summed E-state index contributed by atoms with van der Waals surface area (Å²) in [6.45, 7) is 6.96. The molecule has 0 aliphatic carbocycles. The standard InChI is InChI=1S/C24H33ClN2O3/c1-5-27-23(18-7-9-20(25)10-8-18)19(13-24(27,2)16-28)15-26-14-17-6-11-21(29-3)22(12-17)30-4/h6-12,19,23,26,28H,5,13-16H2,1-4H3/t19-,23+,24+/m1/s1. The third-order valence-corrected chi connectivity index (χ3v) is 6.51. The van der Waals surface area contributed by atoms with E-state index in [4.69, 9.17) is 21.1 Å². The van der Waals surface area contributed by atoms with Gasteiger partial charge in [-0.3, -0.25) is 4.90 Å². The molecule has 3 atom stereocenters. The number of benzene rings is 2. The molecule has 1 saturated heterocycles. The van der Waals surface area contributed by atoms with Crippen molar-refractivity contribution in [2.75, 3.05) is 33.9 Å². The van der Waals surface area contributed by atoms with Gasteiger partial charge in [0, 0.05) is 29.7 Å². The van der Waals surface area contributed by atoms with Crippen molar-refractivity contribution in [3.05, 3.63) is 58.6 Å². The molecular formula is C24H33ClN2O3. The molecule has 0 amide bonds. The number of halogens is 1. The SMILES string of the molecule is CCN1[C@@H](c2ccc(Cl)cc2)[C@@H](CNCc2ccc(OC)c(OC)c2)C[C@@]1(C)CO. The maximum atomic E-state index is 10.2. The van der Waals surface area contributed by atoms with Crippen LogP contribution >= 0.6 is 11.6 Å². The average Bonchev–Trinajstić information content (AvgIpc) is 3.06. The lowest BCUT2D eigenvalue weighted by Crippen LogP contribution is -2.45. The van der Waals surface area contributed by atoms with Crippen LogP contribution in [0.4, 0.5) is 0 Å². The minimum Gasteiger partial charge on any atom is -0.493 e. The molecule has 0 spiro atoms. The molecule has 2 aromatic rings. The molecule has 1 fully saturated rings. The van der Waals surface area contributed by atoms with Crippen LogP contribution in [0.25, 0.3) is 0 Å². The van der Waals surface area contributed by atoms with E-state index in [1.807, 2.05) is 24.3 Å². The van der Waals surface area contributed by atoms with Crippen LogP contribution in [0.3, 0.4) is 0 Å². The Morgan fingerprint density at radius 2 is 1.83 bits per heavy atom. The first-order valence-electron chi connectivity index (χ1n) is 10.5. The maximum Gasteiger partial charge on any atom is 0.161 e. The van der Waals surface area contributed by atoms with Crippen molar-refractivity contribution in [2.45, 2.75) is 38.4 Å². The van der Waals surface area contributed by atoms with Crippen LogP contribution < -0.4 is 14.8 Å². The summed E-state index contributed by atoms with van der Waals surface area (Å²) in [6.07, 6.45) is 0.934. The lowest BCUT2D eigenvalue weighted by molar-refractivity contribution is 0.0579. The molecule has 1 heterocycles. The molecule has 0 bridgehead atoms. The number of likely N-dealkylation sites (tertiary alicyclic amines) is 1. The van der Waals surface area contributed by atoms with E-state index < -0.39 is 0 Å². The Hall–Kier alpha value is -1.79. The Kier molecular flexibility index (Phi) is 7.64. The third-order valence-electron chi connectivity index (χ3n) is 6.25. The van der Waals surface area contributed by atoms with Crippen LogP contribution in [-0.4, -0.2) is 49.5 Å². The van der Waals surface area contributed by atoms with Crippen LogP contribution in [-0.2, 0) is 6.54 Å². The lowest BCUT2D eigenvalue weighted by atomic mass is 9.90. The zero-order valence-corrected chi connectivity index (χ0v) is 19.1. The molecule has 0 aromatic heterocycles. The van der Waals surface area contributed by atoms with E-state index in [1.165, 1.54) is 5.56 Å². The Morgan fingerprint density at radius 1 is 1.13 bits per heavy atom. The quantitative estimate of drug-likeness (QED) is 0.619. The monoisotopic (exact) mass is 432 g/mol. The summed E-state index contributed by atoms with van der Waals surface area (Å²) in [4.78, 5) is 2.43. The van der Waals surface area contributed by atoms with Crippen molar-refractivity contribution >= 4 is 11.6 Å². The predicted octanol–water partition coefficient (Wildman–Crippen LogP) is 4.28. The third kappa shape index (κ3) is 4.75. The zero-order chi connectivity index (χ0) is 21.7. The number of hydrogen-bond acceptors (Lipinski definition) is 5. The summed E-state index contributed by atoms with van der Waals surface area (Å²) in [5.41, 5.74) is 2.16. The number of likely N-dealkylation sites (N-methyl/N-ethyl adjacent to an activating group) is 1. The fourth-order valence-corrected chi connectivity index (χ4v) is 4.93. The van der Waals surface area contributed by atoms with Gasteiger partial charge in [0.1, 0.15) is 0 Å². The molecule has 5 nitrogen and oxygen atoms in total. The van der Waals surface area contributed by atoms with E-state index in [0.29, 0.717) is 5.92 Å². The number of rotatable bonds is 9. The molecule has 1 aliphatic rings. The van der Waals surface area contributed by atoms with Crippen LogP contribution in [0.15, 0.2) is 42.5 Å². The van der Waals surface area contributed by atoms with Crippen molar-refractivity contribution in [1.29, 1.82) is 0 Å². The van der Waals surface area contributed by atoms with Gasteiger partial charge in [0.25, 0.3) is 0 Å². The first-order chi connectivity index (χ1) is 14.5. The van der Waals surface area contributed by atoms with Gasteiger partial charge in [-0.2, -0.15) is 0 Å². The summed E-state index contributed by atoms with van der Waals surface area (Å²) in [7, 11) is 3.30. The van der Waals surface area contributed by atoms with Gasteiger partial charge in [0.15, 0.2) is 11.5 Å². The van der Waals surface area contributed by atoms with Crippen molar-refractivity contribution in [2.24, 2.45) is 5.92 Å². The summed E-state index contributed by atoms with van der Waals surface area (Å²) in [5, 5.41) is 14.5. The minimum absolute atomic E-state index is 0.150. The van der Waals surface area contributed by atoms with Crippen LogP contribution in [0.5, 0.6) is 11.5 Å². The first kappa shape index (κ1) is 22.9. The largest absolute Gasteiger partial charge is 0.493 e. The molecule has 30 heavy (non-hydrogen) atoms. The molecule has 0 radical (unpaired) electrons. The second-order valence-electron chi connectivity index (χ2n) is 8.22. The second kappa shape index (κ2) is 10.0. The van der Waals surface area contributed by atoms with E-state index in [1.54, 1.807) is 14.2 Å². The molecule has 3 rings (SSSR count). The lowest BCUT2D eigenvalue weighted by Gasteiger charge is -2.37. The number of methoxy groups -OCH3 is 2. The Morgan fingerprint density at radius 3 is 2.43 bits per heavy atom. The number of aliphatic hydroxyl groups excluding tert-OH is 1. The zero-order valence-electron chi connectivity index (χ0n) is 18.3. The Bertz CT molecular complexity index is 830. The summed E-state index contributed by atoms with van der Waals surface area (Å²) < 4.78 is 10.7. The summed E-state index contributed by atoms with van der Waals surface area (Å²) in [5.74, 6) is 1.85. The second-order valence-corrected chi connectivity index (χ2v) is 8.66. The van der Waals surface area contributed by atoms with Crippen molar-refractivity contribution in [3.63, 3.8) is 0 Å². The maximum absolute atomic E-state index is 10.2. The highest BCUT2D eigenvalue weighted by Crippen LogP contribution is 2.46. The number of nitrogens with zero attached hydrogens (tertiary/aromatic N) is 1. The number of nitrogens with one attached hydrogen (secondary N) is 1. The first-order valence-corrected chi connectivity index (χ1v) is 10.9. The van der Waals surface area contributed by atoms with Crippen molar-refractivity contribution in [3.8, 4) is 11.5 Å². The van der Waals surface area contributed by atoms with Gasteiger partial charge in [-0.25, -0.2) is 0 Å². The van der Waals surface area contributed by atoms with Crippen LogP contribution in [0, 0.1) is 5.92 Å². The molecule has 1 aliphatic heterocycles. The fourth-order valence-electron chi connectivity index (χ4n) is 4.81. The summed E-state index contributed by atoms with van der Waals surface area (Å²) in [6, 6.07) is 14.4. The highest BCUT2D eigenvalue weighted by molar-refractivity contribution is 6.30. The molecule has 2 N–H and O–H groups in total. The van der Waals surface area contributed by atoms with Gasteiger partial charge >= 0.3 is 0 Å². The highest BCUT2D eigenvalue weighted by atomic mass is 35.5. The van der Waals surface area contributed by atoms with Gasteiger partial charge < -0.3 is 19.9 Å². The van der Waals surface area contributed by atoms with Gasteiger partial charge in [-0.15, -0.1) is 0 Å². The Labute approximate surface area is 184 Å². The smallest absolute Gasteiger partial charge is 0.161 e. The average molecular weight is 433 g/mol. The molecule has 2 aromatic carbocycles. The minimum atomic E-state index is -0.227. The number of ether oxygens (including phenoxy) is 2. The molecule has 0 unspecified atom stereocenters. The van der Waals surface area contributed by atoms with Gasteiger partial charge in [0.2, 0.25) is 0 Å². The van der Waals surface area contributed by atoms with Gasteiger partial charge in [0.05, 0.1) is 20.8 Å². The normalized spacial score (nSPS) is 24.2. The van der Waals surface area contributed by atoms with Crippen molar-refractivity contribution < 1.29 is 14.6 Å². The van der Waals surface area contributed by atoms with E-state index in [-0.39, 0.29) is 18.2 Å². The predicted molar refractivity (Wildman–Crippen MR) is 121 cm³/mol. The van der Waals surface area contributed by atoms with Gasteiger partial charge in [-0.05, 0) is 61.2 Å². The molecular weight excluding hydrogens is 400 g/mol. The topological polar surface area (TPSA) is 54.0 Å². The summed E-state index contributed by atoms with van der Waals surface area (Å²) >= 11 is 6.12. The van der Waals surface area contributed by atoms with E-state index >= 15 is 0 Å². The van der Waals surface area contributed by atoms with E-state index in [9.17, 15) is 5.11 Å². The Balaban J connectivity index is 1.75. The van der Waals surface area contributed by atoms with Crippen LogP contribution in [0.1, 0.15) is 37.4 Å². The molecule has 164 valence electrons.